The van der Waals surface area contributed by atoms with E-state index in [1.165, 1.54) is 7.11 Å². The number of ether oxygens (including phenoxy) is 2. The summed E-state index contributed by atoms with van der Waals surface area (Å²) < 4.78 is 25.2. The number of esters is 1. The van der Waals surface area contributed by atoms with E-state index in [1.807, 2.05) is 60.7 Å². The van der Waals surface area contributed by atoms with E-state index in [0.717, 1.165) is 5.20 Å². The first-order valence-electron chi connectivity index (χ1n) is 8.79. The molecule has 0 aliphatic carbocycles. The lowest BCUT2D eigenvalue weighted by Gasteiger charge is -2.29. The number of carbonyl (C=O) groups excluding carboxylic acids is 1. The van der Waals surface area contributed by atoms with Crippen molar-refractivity contribution in [3.63, 3.8) is 0 Å². The minimum Gasteiger partial charge on any atom is -0.465 e. The smallest absolute Gasteiger partial charge is 0.341 e. The molecule has 6 heteroatoms. The molecule has 0 N–H and O–H groups in total. The molecule has 2 rings (SSSR count). The molecule has 2 aromatic carbocycles. The maximum Gasteiger partial charge on any atom is 0.341 e. The van der Waals surface area contributed by atoms with Crippen molar-refractivity contribution in [1.82, 2.24) is 0 Å². The van der Waals surface area contributed by atoms with Gasteiger partial charge in [0.2, 0.25) is 0 Å². The van der Waals surface area contributed by atoms with Gasteiger partial charge in [0.15, 0.2) is 7.14 Å². The summed E-state index contributed by atoms with van der Waals surface area (Å²) in [6.45, 7) is 6.60. The van der Waals surface area contributed by atoms with Gasteiger partial charge in [0.05, 0.1) is 21.8 Å². The van der Waals surface area contributed by atoms with E-state index in [4.69, 9.17) is 9.47 Å². The summed E-state index contributed by atoms with van der Waals surface area (Å²) in [4.78, 5) is 13.0. The molecule has 0 atom stereocenters. The van der Waals surface area contributed by atoms with Gasteiger partial charge in [0.25, 0.3) is 0 Å². The Labute approximate surface area is 162 Å². The summed E-state index contributed by atoms with van der Waals surface area (Å²) in [5.74, 6) is -0.555. The van der Waals surface area contributed by atoms with Gasteiger partial charge in [-0.1, -0.05) is 80.3 Å². The Morgan fingerprint density at radius 3 is 1.67 bits per heavy atom. The summed E-state index contributed by atoms with van der Waals surface area (Å²) in [5.41, 5.74) is 0. The Morgan fingerprint density at radius 1 is 0.889 bits per heavy atom. The fourth-order valence-electron chi connectivity index (χ4n) is 3.01. The zero-order valence-electron chi connectivity index (χ0n) is 16.6. The van der Waals surface area contributed by atoms with Gasteiger partial charge >= 0.3 is 5.97 Å². The predicted octanol–water partition coefficient (Wildman–Crippen LogP) is 3.95. The standard InChI is InChI=1S/C21H27O4PSi/c1-24-16-19(27(3,4)5)20(21(22)25-2)26(23,17-12-8-6-9-13-17)18-14-10-7-11-15-18/h6-15H,16H2,1-5H3/b20-19+. The molecular weight excluding hydrogens is 375 g/mol. The molecule has 0 heterocycles. The van der Waals surface area contributed by atoms with Crippen LogP contribution in [0.3, 0.4) is 0 Å². The van der Waals surface area contributed by atoms with Gasteiger partial charge in [-0.15, -0.1) is 0 Å². The zero-order valence-corrected chi connectivity index (χ0v) is 18.5. The molecule has 0 amide bonds. The van der Waals surface area contributed by atoms with Crippen LogP contribution < -0.4 is 10.6 Å². The first kappa shape index (κ1) is 21.4. The Balaban J connectivity index is 2.97. The van der Waals surface area contributed by atoms with Crippen LogP contribution in [0.1, 0.15) is 0 Å². The molecule has 4 nitrogen and oxygen atoms in total. The van der Waals surface area contributed by atoms with Gasteiger partial charge in [0.1, 0.15) is 5.31 Å². The first-order chi connectivity index (χ1) is 12.8. The van der Waals surface area contributed by atoms with Gasteiger partial charge < -0.3 is 14.0 Å². The third-order valence-electron chi connectivity index (χ3n) is 4.41. The van der Waals surface area contributed by atoms with E-state index >= 15 is 0 Å². The topological polar surface area (TPSA) is 52.6 Å². The molecule has 0 aromatic heterocycles. The minimum absolute atomic E-state index is 0.253. The van der Waals surface area contributed by atoms with E-state index < -0.39 is 21.2 Å². The summed E-state index contributed by atoms with van der Waals surface area (Å²) in [5, 5.41) is 2.29. The lowest BCUT2D eigenvalue weighted by atomic mass is 10.4. The van der Waals surface area contributed by atoms with Gasteiger partial charge in [0, 0.05) is 17.7 Å². The molecule has 0 bridgehead atoms. The maximum absolute atomic E-state index is 14.7. The van der Waals surface area contributed by atoms with Crippen LogP contribution >= 0.6 is 7.14 Å². The molecule has 27 heavy (non-hydrogen) atoms. The molecule has 0 saturated heterocycles. The van der Waals surface area contributed by atoms with E-state index in [-0.39, 0.29) is 11.9 Å². The highest BCUT2D eigenvalue weighted by Gasteiger charge is 2.41. The molecule has 0 radical (unpaired) electrons. The van der Waals surface area contributed by atoms with Crippen molar-refractivity contribution in [3.8, 4) is 0 Å². The molecule has 2 aromatic rings. The third kappa shape index (κ3) is 4.49. The lowest BCUT2D eigenvalue weighted by Crippen LogP contribution is -2.33. The fraction of sp³-hybridized carbons (Fsp3) is 0.286. The van der Waals surface area contributed by atoms with Gasteiger partial charge in [-0.25, -0.2) is 4.79 Å². The number of hydrogen-bond acceptors (Lipinski definition) is 4. The van der Waals surface area contributed by atoms with Crippen molar-refractivity contribution in [2.24, 2.45) is 0 Å². The van der Waals surface area contributed by atoms with E-state index in [0.29, 0.717) is 10.6 Å². The molecular formula is C21H27O4PSi. The maximum atomic E-state index is 14.7. The van der Waals surface area contributed by atoms with E-state index in [9.17, 15) is 9.36 Å². The largest absolute Gasteiger partial charge is 0.465 e. The average Bonchev–Trinajstić information content (AvgIpc) is 2.67. The average molecular weight is 403 g/mol. The van der Waals surface area contributed by atoms with Crippen LogP contribution in [0.5, 0.6) is 0 Å². The van der Waals surface area contributed by atoms with E-state index in [2.05, 4.69) is 19.6 Å². The lowest BCUT2D eigenvalue weighted by molar-refractivity contribution is -0.135. The number of rotatable bonds is 7. The van der Waals surface area contributed by atoms with Gasteiger partial charge in [-0.2, -0.15) is 0 Å². The quantitative estimate of drug-likeness (QED) is 0.305. The second-order valence-corrected chi connectivity index (χ2v) is 15.1. The van der Waals surface area contributed by atoms with Crippen molar-refractivity contribution in [1.29, 1.82) is 0 Å². The molecule has 0 aliphatic rings. The molecule has 0 spiro atoms. The number of methoxy groups -OCH3 is 2. The van der Waals surface area contributed by atoms with Crippen LogP contribution in [0.4, 0.5) is 0 Å². The first-order valence-corrected chi connectivity index (χ1v) is 14.0. The Morgan fingerprint density at radius 2 is 1.33 bits per heavy atom. The van der Waals surface area contributed by atoms with E-state index in [1.54, 1.807) is 7.11 Å². The molecule has 0 fully saturated rings. The molecule has 144 valence electrons. The fourth-order valence-corrected chi connectivity index (χ4v) is 8.67. The monoisotopic (exact) mass is 402 g/mol. The van der Waals surface area contributed by atoms with Crippen LogP contribution in [0.15, 0.2) is 71.2 Å². The normalized spacial score (nSPS) is 13.1. The van der Waals surface area contributed by atoms with Crippen molar-refractivity contribution in [2.45, 2.75) is 19.6 Å². The zero-order chi connectivity index (χ0) is 20.1. The van der Waals surface area contributed by atoms with Crippen LogP contribution in [-0.4, -0.2) is 34.9 Å². The number of carbonyl (C=O) groups is 1. The van der Waals surface area contributed by atoms with Crippen molar-refractivity contribution >= 4 is 31.8 Å². The van der Waals surface area contributed by atoms with Crippen molar-refractivity contribution in [3.05, 3.63) is 71.2 Å². The summed E-state index contributed by atoms with van der Waals surface area (Å²) in [7, 11) is -2.55. The SMILES string of the molecule is COC/C(=C(/C(=O)OC)P(=O)(c1ccccc1)c1ccccc1)[Si](C)(C)C. The van der Waals surface area contributed by atoms with Crippen LogP contribution in [-0.2, 0) is 18.8 Å². The van der Waals surface area contributed by atoms with Gasteiger partial charge in [-0.3, -0.25) is 0 Å². The van der Waals surface area contributed by atoms with Crippen molar-refractivity contribution in [2.75, 3.05) is 20.8 Å². The highest BCUT2D eigenvalue weighted by Crippen LogP contribution is 2.54. The molecule has 0 aliphatic heterocycles. The highest BCUT2D eigenvalue weighted by atomic mass is 31.2. The highest BCUT2D eigenvalue weighted by molar-refractivity contribution is 7.83. The van der Waals surface area contributed by atoms with Gasteiger partial charge in [-0.05, 0) is 5.20 Å². The summed E-state index contributed by atoms with van der Waals surface area (Å²) >= 11 is 0. The Hall–Kier alpha value is -1.94. The third-order valence-corrected chi connectivity index (χ3v) is 9.96. The number of hydrogen-bond donors (Lipinski definition) is 0. The van der Waals surface area contributed by atoms with Crippen LogP contribution in [0.2, 0.25) is 19.6 Å². The molecule has 0 saturated carbocycles. The summed E-state index contributed by atoms with van der Waals surface area (Å²) in [6.07, 6.45) is 0. The van der Waals surface area contributed by atoms with Crippen molar-refractivity contribution < 1.29 is 18.8 Å². The Kier molecular flexibility index (Phi) is 6.99. The van der Waals surface area contributed by atoms with Crippen LogP contribution in [0, 0.1) is 0 Å². The second-order valence-electron chi connectivity index (χ2n) is 7.28. The number of benzene rings is 2. The minimum atomic E-state index is -3.43. The Bertz CT molecular complexity index is 811. The van der Waals surface area contributed by atoms with Crippen LogP contribution in [0.25, 0.3) is 0 Å². The summed E-state index contributed by atoms with van der Waals surface area (Å²) in [6, 6.07) is 18.3. The molecule has 0 unspecified atom stereocenters. The second kappa shape index (κ2) is 8.83. The predicted molar refractivity (Wildman–Crippen MR) is 114 cm³/mol.